The van der Waals surface area contributed by atoms with Crippen LogP contribution in [0.2, 0.25) is 0 Å². The second-order valence-corrected chi connectivity index (χ2v) is 8.45. The van der Waals surface area contributed by atoms with E-state index >= 15 is 0 Å². The summed E-state index contributed by atoms with van der Waals surface area (Å²) in [7, 11) is 3.29. The summed E-state index contributed by atoms with van der Waals surface area (Å²) >= 11 is 1.83. The van der Waals surface area contributed by atoms with Crippen LogP contribution in [0.1, 0.15) is 23.3 Å². The number of aliphatic imine (C=N–C) groups is 1. The van der Waals surface area contributed by atoms with Gasteiger partial charge in [-0.05, 0) is 60.9 Å². The first-order valence-electron chi connectivity index (χ1n) is 10.2. The maximum absolute atomic E-state index is 6.08. The highest BCUT2D eigenvalue weighted by Crippen LogP contribution is 2.27. The van der Waals surface area contributed by atoms with Crippen molar-refractivity contribution in [2.24, 2.45) is 16.6 Å². The molecule has 0 amide bonds. The Morgan fingerprint density at radius 1 is 1.28 bits per heavy atom. The number of methoxy groups -OCH3 is 2. The van der Waals surface area contributed by atoms with Crippen molar-refractivity contribution in [1.82, 2.24) is 10.2 Å². The van der Waals surface area contributed by atoms with Crippen molar-refractivity contribution in [2.75, 3.05) is 40.4 Å². The topological polar surface area (TPSA) is 72.1 Å². The Hall–Kier alpha value is -2.25. The molecule has 1 aliphatic heterocycles. The monoisotopic (exact) mass is 416 g/mol. The van der Waals surface area contributed by atoms with Crippen LogP contribution in [0.15, 0.2) is 40.7 Å². The van der Waals surface area contributed by atoms with Gasteiger partial charge in [-0.15, -0.1) is 11.3 Å². The second kappa shape index (κ2) is 11.1. The minimum atomic E-state index is 0.529. The molecular formula is C22H32N4O2S. The van der Waals surface area contributed by atoms with Crippen LogP contribution in [0.5, 0.6) is 11.5 Å². The maximum atomic E-state index is 6.08. The number of ether oxygens (including phenoxy) is 2. The molecule has 0 radical (unpaired) electrons. The molecule has 6 nitrogen and oxygen atoms in total. The first-order valence-corrected chi connectivity index (χ1v) is 11.1. The van der Waals surface area contributed by atoms with Gasteiger partial charge >= 0.3 is 0 Å². The van der Waals surface area contributed by atoms with E-state index in [4.69, 9.17) is 15.2 Å². The van der Waals surface area contributed by atoms with Gasteiger partial charge in [-0.3, -0.25) is 9.89 Å². The molecule has 1 fully saturated rings. The third-order valence-corrected chi connectivity index (χ3v) is 6.11. The number of thiophene rings is 1. The number of hydrogen-bond donors (Lipinski definition) is 2. The van der Waals surface area contributed by atoms with E-state index in [2.05, 4.69) is 32.7 Å². The number of nitrogens with zero attached hydrogens (tertiary/aromatic N) is 2. The minimum absolute atomic E-state index is 0.529. The number of benzene rings is 1. The van der Waals surface area contributed by atoms with Crippen LogP contribution in [-0.2, 0) is 13.0 Å². The first kappa shape index (κ1) is 21.5. The molecule has 1 aliphatic rings. The van der Waals surface area contributed by atoms with Gasteiger partial charge in [-0.2, -0.15) is 0 Å². The zero-order chi connectivity index (χ0) is 20.5. The van der Waals surface area contributed by atoms with Crippen LogP contribution in [0.4, 0.5) is 0 Å². The Morgan fingerprint density at radius 3 is 2.90 bits per heavy atom. The number of nitrogens with one attached hydrogen (secondary N) is 1. The molecule has 7 heteroatoms. The van der Waals surface area contributed by atoms with Crippen LogP contribution in [0.25, 0.3) is 0 Å². The molecule has 1 aromatic heterocycles. The molecule has 0 spiro atoms. The Labute approximate surface area is 177 Å². The molecule has 2 aromatic rings. The highest BCUT2D eigenvalue weighted by atomic mass is 32.1. The van der Waals surface area contributed by atoms with E-state index in [-0.39, 0.29) is 0 Å². The lowest BCUT2D eigenvalue weighted by Gasteiger charge is -2.31. The van der Waals surface area contributed by atoms with E-state index in [1.165, 1.54) is 29.8 Å². The maximum Gasteiger partial charge on any atom is 0.188 e. The van der Waals surface area contributed by atoms with Gasteiger partial charge in [0.2, 0.25) is 0 Å². The normalized spacial score (nSPS) is 17.9. The largest absolute Gasteiger partial charge is 0.493 e. The zero-order valence-electron chi connectivity index (χ0n) is 17.4. The fourth-order valence-corrected chi connectivity index (χ4v) is 4.47. The Bertz CT molecular complexity index is 779. The molecule has 1 saturated heterocycles. The van der Waals surface area contributed by atoms with Gasteiger partial charge in [0.1, 0.15) is 0 Å². The van der Waals surface area contributed by atoms with Crippen molar-refractivity contribution in [3.05, 3.63) is 46.2 Å². The molecule has 0 saturated carbocycles. The molecular weight excluding hydrogens is 384 g/mol. The van der Waals surface area contributed by atoms with Crippen LogP contribution in [0, 0.1) is 5.92 Å². The summed E-state index contributed by atoms with van der Waals surface area (Å²) < 4.78 is 10.6. The average molecular weight is 417 g/mol. The van der Waals surface area contributed by atoms with Gasteiger partial charge in [-0.1, -0.05) is 12.1 Å². The molecule has 3 N–H and O–H groups in total. The predicted molar refractivity (Wildman–Crippen MR) is 120 cm³/mol. The smallest absolute Gasteiger partial charge is 0.188 e. The van der Waals surface area contributed by atoms with Gasteiger partial charge in [0.15, 0.2) is 17.5 Å². The fraction of sp³-hybridized carbons (Fsp3) is 0.500. The highest BCUT2D eigenvalue weighted by Gasteiger charge is 2.20. The number of likely N-dealkylation sites (tertiary alicyclic amines) is 1. The van der Waals surface area contributed by atoms with Crippen LogP contribution in [-0.4, -0.2) is 51.3 Å². The third kappa shape index (κ3) is 6.65. The van der Waals surface area contributed by atoms with Gasteiger partial charge in [-0.25, -0.2) is 0 Å². The van der Waals surface area contributed by atoms with Crippen molar-refractivity contribution >= 4 is 17.3 Å². The Kier molecular flexibility index (Phi) is 8.19. The van der Waals surface area contributed by atoms with E-state index in [9.17, 15) is 0 Å². The number of piperidine rings is 1. The molecule has 1 unspecified atom stereocenters. The summed E-state index contributed by atoms with van der Waals surface area (Å²) in [5, 5.41) is 5.38. The fourth-order valence-electron chi connectivity index (χ4n) is 3.72. The van der Waals surface area contributed by atoms with E-state index < -0.39 is 0 Å². The van der Waals surface area contributed by atoms with Crippen LogP contribution >= 0.6 is 11.3 Å². The van der Waals surface area contributed by atoms with Gasteiger partial charge < -0.3 is 20.5 Å². The lowest BCUT2D eigenvalue weighted by atomic mass is 9.98. The molecule has 3 rings (SSSR count). The van der Waals surface area contributed by atoms with Crippen LogP contribution in [0.3, 0.4) is 0 Å². The Balaban J connectivity index is 1.40. The van der Waals surface area contributed by atoms with Crippen molar-refractivity contribution in [1.29, 1.82) is 0 Å². The van der Waals surface area contributed by atoms with Crippen LogP contribution < -0.4 is 20.5 Å². The molecule has 29 heavy (non-hydrogen) atoms. The molecule has 2 heterocycles. The SMILES string of the molecule is COc1ccc(CCNC(N)=NCC2CCCN(Cc3cccs3)C2)cc1OC. The molecule has 158 valence electrons. The summed E-state index contributed by atoms with van der Waals surface area (Å²) in [6.45, 7) is 4.85. The number of hydrogen-bond acceptors (Lipinski definition) is 5. The molecule has 0 aliphatic carbocycles. The van der Waals surface area contributed by atoms with Gasteiger partial charge in [0.25, 0.3) is 0 Å². The average Bonchev–Trinajstić information content (AvgIpc) is 3.25. The molecule has 1 aromatic carbocycles. The number of nitrogens with two attached hydrogens (primary N) is 1. The summed E-state index contributed by atoms with van der Waals surface area (Å²) in [6.07, 6.45) is 3.30. The van der Waals surface area contributed by atoms with Crippen molar-refractivity contribution in [2.45, 2.75) is 25.8 Å². The van der Waals surface area contributed by atoms with E-state index in [0.29, 0.717) is 11.9 Å². The minimum Gasteiger partial charge on any atom is -0.493 e. The highest BCUT2D eigenvalue weighted by molar-refractivity contribution is 7.09. The number of guanidine groups is 1. The molecule has 0 bridgehead atoms. The van der Waals surface area contributed by atoms with Crippen molar-refractivity contribution in [3.63, 3.8) is 0 Å². The number of rotatable bonds is 9. The lowest BCUT2D eigenvalue weighted by molar-refractivity contribution is 0.172. The summed E-state index contributed by atoms with van der Waals surface area (Å²) in [6, 6.07) is 10.3. The quantitative estimate of drug-likeness (QED) is 0.485. The van der Waals surface area contributed by atoms with Crippen molar-refractivity contribution in [3.8, 4) is 11.5 Å². The zero-order valence-corrected chi connectivity index (χ0v) is 18.2. The lowest BCUT2D eigenvalue weighted by Crippen LogP contribution is -2.37. The summed E-state index contributed by atoms with van der Waals surface area (Å²) in [5.41, 5.74) is 7.25. The van der Waals surface area contributed by atoms with Crippen molar-refractivity contribution < 1.29 is 9.47 Å². The van der Waals surface area contributed by atoms with Gasteiger partial charge in [0, 0.05) is 31.1 Å². The van der Waals surface area contributed by atoms with E-state index in [0.717, 1.165) is 44.1 Å². The third-order valence-electron chi connectivity index (χ3n) is 5.25. The predicted octanol–water partition coefficient (Wildman–Crippen LogP) is 3.12. The Morgan fingerprint density at radius 2 is 2.14 bits per heavy atom. The first-order chi connectivity index (χ1) is 14.2. The van der Waals surface area contributed by atoms with E-state index in [1.807, 2.05) is 29.5 Å². The second-order valence-electron chi connectivity index (χ2n) is 7.41. The van der Waals surface area contributed by atoms with E-state index in [1.54, 1.807) is 14.2 Å². The summed E-state index contributed by atoms with van der Waals surface area (Å²) in [5.74, 6) is 2.60. The standard InChI is InChI=1S/C22H32N4O2S/c1-27-20-8-7-17(13-21(20)28-2)9-10-24-22(23)25-14-18-5-3-11-26(15-18)16-19-6-4-12-29-19/h4,6-8,12-13,18H,3,5,9-11,14-16H2,1-2H3,(H3,23,24,25). The molecule has 1 atom stereocenters. The summed E-state index contributed by atoms with van der Waals surface area (Å²) in [4.78, 5) is 8.56. The van der Waals surface area contributed by atoms with Gasteiger partial charge in [0.05, 0.1) is 14.2 Å².